The second-order valence-corrected chi connectivity index (χ2v) is 9.18. The number of carbonyl (C=O) groups excluding carboxylic acids is 3. The van der Waals surface area contributed by atoms with Gasteiger partial charge in [0.15, 0.2) is 5.78 Å². The predicted octanol–water partition coefficient (Wildman–Crippen LogP) is 5.20. The summed E-state index contributed by atoms with van der Waals surface area (Å²) in [7, 11) is 0. The number of aromatic nitrogens is 1. The molecule has 1 aromatic heterocycles. The van der Waals surface area contributed by atoms with Crippen molar-refractivity contribution in [3.63, 3.8) is 0 Å². The van der Waals surface area contributed by atoms with E-state index in [0.717, 1.165) is 27.2 Å². The minimum atomic E-state index is -1.04. The van der Waals surface area contributed by atoms with Crippen molar-refractivity contribution in [3.8, 4) is 0 Å². The van der Waals surface area contributed by atoms with Gasteiger partial charge in [0.2, 0.25) is 5.91 Å². The minimum absolute atomic E-state index is 0.0681. The zero-order valence-electron chi connectivity index (χ0n) is 19.5. The molecule has 1 aliphatic heterocycles. The van der Waals surface area contributed by atoms with Crippen LogP contribution in [0.1, 0.15) is 44.7 Å². The molecule has 0 saturated carbocycles. The molecule has 3 atom stereocenters. The van der Waals surface area contributed by atoms with Gasteiger partial charge in [-0.2, -0.15) is 0 Å². The third kappa shape index (κ3) is 3.62. The molecule has 0 radical (unpaired) electrons. The van der Waals surface area contributed by atoms with Crippen molar-refractivity contribution in [3.05, 3.63) is 131 Å². The standard InChI is InChI=1S/C30H24N2O4/c33-28-26(29(34)32-24(19-36-30(32)35)21-12-6-2-7-13-21)25(22-14-8-3-9-15-22)23-16-17-31(27(23)28)18-20-10-4-1-5-11-20/h1-17,24-26H,18-19H2/t24-,25-,26+/m1/s1. The lowest BCUT2D eigenvalue weighted by atomic mass is 9.84. The molecule has 2 amide bonds. The molecule has 0 unspecified atom stereocenters. The molecule has 178 valence electrons. The number of rotatable bonds is 5. The molecule has 0 spiro atoms. The lowest BCUT2D eigenvalue weighted by molar-refractivity contribution is -0.132. The number of fused-ring (bicyclic) bond motifs is 1. The highest BCUT2D eigenvalue weighted by Gasteiger charge is 2.52. The number of Topliss-reactive ketones (excluding diaryl/α,β-unsaturated/α-hetero) is 1. The van der Waals surface area contributed by atoms with Crippen LogP contribution in [0.2, 0.25) is 0 Å². The van der Waals surface area contributed by atoms with E-state index < -0.39 is 29.9 Å². The highest BCUT2D eigenvalue weighted by molar-refractivity contribution is 6.16. The molecular weight excluding hydrogens is 452 g/mol. The third-order valence-electron chi connectivity index (χ3n) is 7.09. The first-order valence-electron chi connectivity index (χ1n) is 12.0. The van der Waals surface area contributed by atoms with Crippen molar-refractivity contribution in [2.75, 3.05) is 6.61 Å². The Morgan fingerprint density at radius 3 is 2.08 bits per heavy atom. The van der Waals surface area contributed by atoms with Crippen molar-refractivity contribution >= 4 is 17.8 Å². The average Bonchev–Trinajstić information content (AvgIpc) is 3.59. The highest BCUT2D eigenvalue weighted by atomic mass is 16.6. The largest absolute Gasteiger partial charge is 0.446 e. The number of imide groups is 1. The van der Waals surface area contributed by atoms with Crippen LogP contribution >= 0.6 is 0 Å². The Labute approximate surface area is 208 Å². The van der Waals surface area contributed by atoms with E-state index in [-0.39, 0.29) is 12.4 Å². The van der Waals surface area contributed by atoms with E-state index in [1.807, 2.05) is 108 Å². The van der Waals surface area contributed by atoms with E-state index in [0.29, 0.717) is 12.2 Å². The molecule has 0 N–H and O–H groups in total. The second kappa shape index (κ2) is 8.96. The molecule has 36 heavy (non-hydrogen) atoms. The maximum Gasteiger partial charge on any atom is 0.417 e. The molecule has 6 nitrogen and oxygen atoms in total. The summed E-state index contributed by atoms with van der Waals surface area (Å²) in [4.78, 5) is 42.0. The number of amides is 2. The van der Waals surface area contributed by atoms with Gasteiger partial charge < -0.3 is 9.30 Å². The Morgan fingerprint density at radius 2 is 1.42 bits per heavy atom. The predicted molar refractivity (Wildman–Crippen MR) is 133 cm³/mol. The van der Waals surface area contributed by atoms with E-state index in [1.54, 1.807) is 0 Å². The second-order valence-electron chi connectivity index (χ2n) is 9.18. The summed E-state index contributed by atoms with van der Waals surface area (Å²) in [6.07, 6.45) is 1.19. The van der Waals surface area contributed by atoms with Gasteiger partial charge in [0.1, 0.15) is 18.6 Å². The van der Waals surface area contributed by atoms with Crippen molar-refractivity contribution < 1.29 is 19.1 Å². The molecular formula is C30H24N2O4. The number of nitrogens with zero attached hydrogens (tertiary/aromatic N) is 2. The smallest absolute Gasteiger partial charge is 0.417 e. The van der Waals surface area contributed by atoms with Crippen LogP contribution in [0, 0.1) is 5.92 Å². The maximum atomic E-state index is 14.1. The Hall–Kier alpha value is -4.45. The van der Waals surface area contributed by atoms with E-state index in [9.17, 15) is 14.4 Å². The fraction of sp³-hybridized carbons (Fsp3) is 0.167. The minimum Gasteiger partial charge on any atom is -0.446 e. The number of hydrogen-bond acceptors (Lipinski definition) is 4. The quantitative estimate of drug-likeness (QED) is 0.371. The summed E-state index contributed by atoms with van der Waals surface area (Å²) in [5, 5.41) is 0. The van der Waals surface area contributed by atoms with Gasteiger partial charge in [0.25, 0.3) is 0 Å². The summed E-state index contributed by atoms with van der Waals surface area (Å²) in [6.45, 7) is 0.585. The van der Waals surface area contributed by atoms with E-state index >= 15 is 0 Å². The van der Waals surface area contributed by atoms with E-state index in [1.165, 1.54) is 0 Å². The zero-order chi connectivity index (χ0) is 24.6. The highest BCUT2D eigenvalue weighted by Crippen LogP contribution is 2.45. The van der Waals surface area contributed by atoms with Gasteiger partial charge in [0.05, 0.1) is 5.69 Å². The Kier molecular flexibility index (Phi) is 5.49. The van der Waals surface area contributed by atoms with Crippen LogP contribution in [0.25, 0.3) is 0 Å². The molecule has 2 heterocycles. The van der Waals surface area contributed by atoms with Gasteiger partial charge in [-0.25, -0.2) is 9.69 Å². The van der Waals surface area contributed by atoms with Gasteiger partial charge in [-0.05, 0) is 28.3 Å². The van der Waals surface area contributed by atoms with Crippen LogP contribution in [0.3, 0.4) is 0 Å². The van der Waals surface area contributed by atoms with Crippen molar-refractivity contribution in [1.82, 2.24) is 9.47 Å². The molecule has 0 bridgehead atoms. The number of benzene rings is 3. The number of ketones is 1. The number of carbonyl (C=O) groups is 3. The Balaban J connectivity index is 1.42. The van der Waals surface area contributed by atoms with E-state index in [2.05, 4.69) is 0 Å². The summed E-state index contributed by atoms with van der Waals surface area (Å²) >= 11 is 0. The molecule has 3 aromatic carbocycles. The van der Waals surface area contributed by atoms with Gasteiger partial charge in [-0.1, -0.05) is 91.0 Å². The normalized spacial score (nSPS) is 20.9. The van der Waals surface area contributed by atoms with Gasteiger partial charge in [-0.15, -0.1) is 0 Å². The van der Waals surface area contributed by atoms with Crippen molar-refractivity contribution in [2.45, 2.75) is 18.5 Å². The van der Waals surface area contributed by atoms with Gasteiger partial charge in [-0.3, -0.25) is 9.59 Å². The summed E-state index contributed by atoms with van der Waals surface area (Å²) in [5.74, 6) is -2.32. The molecule has 1 aliphatic carbocycles. The SMILES string of the molecule is O=C1c2c(ccn2Cc2ccccc2)[C@@H](c2ccccc2)[C@@H]1C(=O)N1C(=O)OC[C@@H]1c1ccccc1. The first-order valence-corrected chi connectivity index (χ1v) is 12.0. The van der Waals surface area contributed by atoms with Crippen LogP contribution in [-0.2, 0) is 16.1 Å². The molecule has 6 heteroatoms. The van der Waals surface area contributed by atoms with Crippen molar-refractivity contribution in [2.24, 2.45) is 5.92 Å². The molecule has 4 aromatic rings. The van der Waals surface area contributed by atoms with Crippen LogP contribution in [0.5, 0.6) is 0 Å². The van der Waals surface area contributed by atoms with Gasteiger partial charge in [0, 0.05) is 18.7 Å². The Morgan fingerprint density at radius 1 is 0.806 bits per heavy atom. The number of hydrogen-bond donors (Lipinski definition) is 0. The third-order valence-corrected chi connectivity index (χ3v) is 7.09. The van der Waals surface area contributed by atoms with Crippen molar-refractivity contribution in [1.29, 1.82) is 0 Å². The summed E-state index contributed by atoms with van der Waals surface area (Å²) < 4.78 is 7.21. The lowest BCUT2D eigenvalue weighted by Crippen LogP contribution is -2.42. The topological polar surface area (TPSA) is 68.6 Å². The average molecular weight is 477 g/mol. The molecule has 1 saturated heterocycles. The van der Waals surface area contributed by atoms with Crippen LogP contribution < -0.4 is 0 Å². The van der Waals surface area contributed by atoms with Crippen LogP contribution in [0.15, 0.2) is 103 Å². The first-order chi connectivity index (χ1) is 17.6. The number of cyclic esters (lactones) is 1. The number of ether oxygens (including phenoxy) is 1. The van der Waals surface area contributed by atoms with E-state index in [4.69, 9.17) is 4.74 Å². The fourth-order valence-corrected chi connectivity index (χ4v) is 5.44. The van der Waals surface area contributed by atoms with Gasteiger partial charge >= 0.3 is 6.09 Å². The lowest BCUT2D eigenvalue weighted by Gasteiger charge is -2.26. The monoisotopic (exact) mass is 476 g/mol. The van der Waals surface area contributed by atoms with Crippen LogP contribution in [0.4, 0.5) is 4.79 Å². The summed E-state index contributed by atoms with van der Waals surface area (Å²) in [6, 6.07) is 30.1. The molecule has 1 fully saturated rings. The maximum absolute atomic E-state index is 14.1. The molecule has 6 rings (SSSR count). The van der Waals surface area contributed by atoms with Crippen LogP contribution in [-0.4, -0.2) is 33.9 Å². The fourth-order valence-electron chi connectivity index (χ4n) is 5.44. The Bertz CT molecular complexity index is 1430. The first kappa shape index (κ1) is 22.0. The summed E-state index contributed by atoms with van der Waals surface area (Å²) in [5.41, 5.74) is 4.05. The zero-order valence-corrected chi connectivity index (χ0v) is 19.5. The molecule has 2 aliphatic rings.